The van der Waals surface area contributed by atoms with Gasteiger partial charge in [0, 0.05) is 51.2 Å². The molecule has 0 radical (unpaired) electrons. The van der Waals surface area contributed by atoms with Gasteiger partial charge >= 0.3 is 0 Å². The van der Waals surface area contributed by atoms with Crippen molar-refractivity contribution >= 4 is 41.5 Å². The number of hydrogen-bond acceptors (Lipinski definition) is 3. The largest absolute Gasteiger partial charge is 0.365 e. The van der Waals surface area contributed by atoms with Gasteiger partial charge in [-0.1, -0.05) is 13.0 Å². The molecule has 31 heavy (non-hydrogen) atoms. The Morgan fingerprint density at radius 1 is 1.26 bits per heavy atom. The molecule has 1 aromatic carbocycles. The highest BCUT2D eigenvalue weighted by Gasteiger charge is 2.28. The quantitative estimate of drug-likeness (QED) is 0.296. The van der Waals surface area contributed by atoms with Crippen LogP contribution in [0.2, 0.25) is 0 Å². The van der Waals surface area contributed by atoms with Crippen molar-refractivity contribution in [3.05, 3.63) is 29.8 Å². The summed E-state index contributed by atoms with van der Waals surface area (Å²) in [5, 5.41) is 6.65. The molecule has 0 spiro atoms. The first-order valence-corrected chi connectivity index (χ1v) is 11.1. The molecular formula is C22H34F2IN5O. The number of rotatable bonds is 8. The lowest BCUT2D eigenvalue weighted by Gasteiger charge is -2.26. The Labute approximate surface area is 200 Å². The fraction of sp³-hybridized carbons (Fsp3) is 0.636. The number of guanidine groups is 1. The van der Waals surface area contributed by atoms with Crippen LogP contribution in [0.3, 0.4) is 0 Å². The van der Waals surface area contributed by atoms with E-state index in [-0.39, 0.29) is 47.7 Å². The van der Waals surface area contributed by atoms with Gasteiger partial charge in [0.05, 0.1) is 0 Å². The lowest BCUT2D eigenvalue weighted by molar-refractivity contribution is -0.129. The molecule has 2 aliphatic heterocycles. The lowest BCUT2D eigenvalue weighted by atomic mass is 10.1. The number of aliphatic imine (C=N–C) groups is 1. The highest BCUT2D eigenvalue weighted by Crippen LogP contribution is 2.26. The third-order valence-electron chi connectivity index (χ3n) is 5.88. The zero-order valence-electron chi connectivity index (χ0n) is 18.4. The summed E-state index contributed by atoms with van der Waals surface area (Å²) in [7, 11) is 0. The Bertz CT molecular complexity index is 743. The minimum absolute atomic E-state index is 0. The van der Waals surface area contributed by atoms with Crippen LogP contribution < -0.4 is 15.5 Å². The molecule has 9 heteroatoms. The average molecular weight is 549 g/mol. The molecular weight excluding hydrogens is 515 g/mol. The highest BCUT2D eigenvalue weighted by molar-refractivity contribution is 14.0. The van der Waals surface area contributed by atoms with Gasteiger partial charge in [0.1, 0.15) is 17.3 Å². The van der Waals surface area contributed by atoms with Crippen LogP contribution in [0.4, 0.5) is 14.5 Å². The van der Waals surface area contributed by atoms with Crippen LogP contribution in [0, 0.1) is 11.6 Å². The smallest absolute Gasteiger partial charge is 0.222 e. The molecule has 0 aromatic heterocycles. The number of carbonyl (C=O) groups excluding carboxylic acids is 1. The molecule has 2 heterocycles. The molecule has 6 nitrogen and oxygen atoms in total. The van der Waals surface area contributed by atoms with Crippen molar-refractivity contribution in [2.24, 2.45) is 4.99 Å². The third kappa shape index (κ3) is 6.66. The number of para-hydroxylation sites is 1. The van der Waals surface area contributed by atoms with E-state index in [0.717, 1.165) is 38.8 Å². The Morgan fingerprint density at radius 3 is 2.61 bits per heavy atom. The zero-order valence-corrected chi connectivity index (χ0v) is 20.7. The molecule has 2 fully saturated rings. The maximum Gasteiger partial charge on any atom is 0.222 e. The van der Waals surface area contributed by atoms with Crippen LogP contribution >= 0.6 is 24.0 Å². The summed E-state index contributed by atoms with van der Waals surface area (Å²) >= 11 is 0. The predicted octanol–water partition coefficient (Wildman–Crippen LogP) is 3.51. The Morgan fingerprint density at radius 2 is 2.00 bits per heavy atom. The van der Waals surface area contributed by atoms with Crippen LogP contribution in [0.25, 0.3) is 0 Å². The molecule has 1 amide bonds. The van der Waals surface area contributed by atoms with Gasteiger partial charge in [-0.15, -0.1) is 24.0 Å². The SMILES string of the molecule is CCNC(=NCCC(CC)N1CCCC1=O)NC1CCN(c2c(F)cccc2F)C1.I. The molecule has 0 bridgehead atoms. The van der Waals surface area contributed by atoms with E-state index in [1.807, 2.05) is 11.8 Å². The number of hydrogen-bond donors (Lipinski definition) is 2. The van der Waals surface area contributed by atoms with Gasteiger partial charge in [0.15, 0.2) is 5.96 Å². The first-order chi connectivity index (χ1) is 14.5. The van der Waals surface area contributed by atoms with Gasteiger partial charge in [-0.05, 0) is 44.7 Å². The molecule has 0 saturated carbocycles. The molecule has 2 aliphatic rings. The van der Waals surface area contributed by atoms with Crippen molar-refractivity contribution in [2.45, 2.75) is 58.0 Å². The molecule has 1 aromatic rings. The fourth-order valence-electron chi connectivity index (χ4n) is 4.35. The topological polar surface area (TPSA) is 60.0 Å². The number of amides is 1. The fourth-order valence-corrected chi connectivity index (χ4v) is 4.35. The summed E-state index contributed by atoms with van der Waals surface area (Å²) in [4.78, 5) is 20.4. The third-order valence-corrected chi connectivity index (χ3v) is 5.88. The number of anilines is 1. The maximum atomic E-state index is 14.1. The van der Waals surface area contributed by atoms with Crippen molar-refractivity contribution in [1.82, 2.24) is 15.5 Å². The molecule has 0 aliphatic carbocycles. The maximum absolute atomic E-state index is 14.1. The van der Waals surface area contributed by atoms with E-state index in [0.29, 0.717) is 32.0 Å². The van der Waals surface area contributed by atoms with Crippen molar-refractivity contribution in [3.63, 3.8) is 0 Å². The number of nitrogens with zero attached hydrogens (tertiary/aromatic N) is 3. The summed E-state index contributed by atoms with van der Waals surface area (Å²) in [6.07, 6.45) is 4.14. The first-order valence-electron chi connectivity index (χ1n) is 11.1. The highest BCUT2D eigenvalue weighted by atomic mass is 127. The molecule has 2 N–H and O–H groups in total. The van der Waals surface area contributed by atoms with Crippen molar-refractivity contribution in [3.8, 4) is 0 Å². The second-order valence-electron chi connectivity index (χ2n) is 7.95. The number of halogens is 3. The zero-order chi connectivity index (χ0) is 21.5. The standard InChI is InChI=1S/C22H33F2N5O.HI/c1-3-17(29-13-6-9-20(29)30)10-12-26-22(25-4-2)27-16-11-14-28(15-16)21-18(23)7-5-8-19(21)24;/h5,7-8,16-17H,3-4,6,9-15H2,1-2H3,(H2,25,26,27);1H. The molecule has 3 rings (SSSR count). The average Bonchev–Trinajstić information content (AvgIpc) is 3.34. The normalized spacial score (nSPS) is 20.1. The number of carbonyl (C=O) groups is 1. The van der Waals surface area contributed by atoms with Crippen LogP contribution in [0.15, 0.2) is 23.2 Å². The van der Waals surface area contributed by atoms with E-state index in [1.165, 1.54) is 18.2 Å². The number of nitrogens with one attached hydrogen (secondary N) is 2. The molecule has 2 atom stereocenters. The molecule has 2 unspecified atom stereocenters. The van der Waals surface area contributed by atoms with E-state index in [9.17, 15) is 13.6 Å². The van der Waals surface area contributed by atoms with Gasteiger partial charge in [0.25, 0.3) is 0 Å². The van der Waals surface area contributed by atoms with E-state index in [4.69, 9.17) is 0 Å². The van der Waals surface area contributed by atoms with Crippen LogP contribution in [0.1, 0.15) is 46.0 Å². The van der Waals surface area contributed by atoms with Crippen molar-refractivity contribution in [1.29, 1.82) is 0 Å². The summed E-state index contributed by atoms with van der Waals surface area (Å²) in [6.45, 7) is 7.42. The second kappa shape index (κ2) is 12.4. The summed E-state index contributed by atoms with van der Waals surface area (Å²) in [6, 6.07) is 4.26. The Kier molecular flexibility index (Phi) is 10.2. The first kappa shape index (κ1) is 25.6. The summed E-state index contributed by atoms with van der Waals surface area (Å²) in [5.41, 5.74) is 0.0461. The van der Waals surface area contributed by atoms with E-state index >= 15 is 0 Å². The number of likely N-dealkylation sites (tertiary alicyclic amines) is 1. The van der Waals surface area contributed by atoms with E-state index in [1.54, 1.807) is 4.90 Å². The Hall–Kier alpha value is -1.65. The summed E-state index contributed by atoms with van der Waals surface area (Å²) in [5.74, 6) is -0.0974. The van der Waals surface area contributed by atoms with E-state index < -0.39 is 11.6 Å². The summed E-state index contributed by atoms with van der Waals surface area (Å²) < 4.78 is 28.2. The van der Waals surface area contributed by atoms with Crippen LogP contribution in [-0.2, 0) is 4.79 Å². The minimum Gasteiger partial charge on any atom is -0.365 e. The molecule has 174 valence electrons. The molecule has 2 saturated heterocycles. The van der Waals surface area contributed by atoms with Gasteiger partial charge in [-0.2, -0.15) is 0 Å². The van der Waals surface area contributed by atoms with E-state index in [2.05, 4.69) is 22.5 Å². The van der Waals surface area contributed by atoms with Gasteiger partial charge in [-0.25, -0.2) is 8.78 Å². The van der Waals surface area contributed by atoms with Crippen molar-refractivity contribution in [2.75, 3.05) is 37.6 Å². The van der Waals surface area contributed by atoms with Gasteiger partial charge in [-0.3, -0.25) is 9.79 Å². The Balaban J connectivity index is 0.00000341. The monoisotopic (exact) mass is 549 g/mol. The second-order valence-corrected chi connectivity index (χ2v) is 7.95. The predicted molar refractivity (Wildman–Crippen MR) is 131 cm³/mol. The number of benzene rings is 1. The van der Waals surface area contributed by atoms with Crippen LogP contribution in [0.5, 0.6) is 0 Å². The van der Waals surface area contributed by atoms with Crippen molar-refractivity contribution < 1.29 is 13.6 Å². The van der Waals surface area contributed by atoms with Gasteiger partial charge < -0.3 is 20.4 Å². The van der Waals surface area contributed by atoms with Crippen LogP contribution in [-0.4, -0.2) is 61.6 Å². The minimum atomic E-state index is -0.529. The lowest BCUT2D eigenvalue weighted by Crippen LogP contribution is -2.45. The van der Waals surface area contributed by atoms with Gasteiger partial charge in [0.2, 0.25) is 5.91 Å².